The molecule has 2 heterocycles. The maximum absolute atomic E-state index is 4.57. The summed E-state index contributed by atoms with van der Waals surface area (Å²) in [7, 11) is 3.92. The molecule has 3 aromatic rings. The predicted octanol–water partition coefficient (Wildman–Crippen LogP) is 3.78. The third kappa shape index (κ3) is 2.12. The minimum absolute atomic E-state index is 0.760. The molecule has 0 amide bonds. The number of nitrogens with one attached hydrogen (secondary N) is 1. The van der Waals surface area contributed by atoms with Crippen molar-refractivity contribution in [3.05, 3.63) is 39.8 Å². The van der Waals surface area contributed by atoms with Gasteiger partial charge in [0.15, 0.2) is 0 Å². The first-order chi connectivity index (χ1) is 9.22. The Morgan fingerprint density at radius 1 is 1.37 bits per heavy atom. The first-order valence-corrected chi connectivity index (χ1v) is 7.72. The molecule has 1 aromatic carbocycles. The number of thiophene rings is 1. The highest BCUT2D eigenvalue weighted by Gasteiger charge is 2.17. The number of benzene rings is 1. The largest absolute Gasteiger partial charge is 0.314 e. The van der Waals surface area contributed by atoms with Crippen molar-refractivity contribution in [2.75, 3.05) is 7.05 Å². The third-order valence-corrected chi connectivity index (χ3v) is 4.93. The first kappa shape index (κ1) is 12.8. The molecule has 3 rings (SSSR count). The van der Waals surface area contributed by atoms with Crippen molar-refractivity contribution < 1.29 is 0 Å². The number of hydrogen-bond donors (Lipinski definition) is 1. The normalized spacial score (nSPS) is 11.3. The van der Waals surface area contributed by atoms with Crippen molar-refractivity contribution in [2.24, 2.45) is 7.05 Å². The quantitative estimate of drug-likeness (QED) is 0.789. The van der Waals surface area contributed by atoms with Crippen LogP contribution < -0.4 is 5.32 Å². The van der Waals surface area contributed by atoms with Gasteiger partial charge in [-0.15, -0.1) is 11.3 Å². The van der Waals surface area contributed by atoms with Gasteiger partial charge in [-0.1, -0.05) is 18.2 Å². The highest BCUT2D eigenvalue weighted by Crippen LogP contribution is 2.38. The number of halogens is 1. The maximum Gasteiger partial charge on any atom is 0.0910 e. The van der Waals surface area contributed by atoms with E-state index in [1.165, 1.54) is 15.6 Å². The highest BCUT2D eigenvalue weighted by molar-refractivity contribution is 9.10. The summed E-state index contributed by atoms with van der Waals surface area (Å²) in [4.78, 5) is 0. The molecule has 0 aliphatic rings. The van der Waals surface area contributed by atoms with Gasteiger partial charge in [0.05, 0.1) is 15.9 Å². The Bertz CT molecular complexity index is 729. The molecule has 0 atom stereocenters. The second kappa shape index (κ2) is 5.07. The van der Waals surface area contributed by atoms with E-state index in [0.717, 1.165) is 22.4 Å². The fraction of sp³-hybridized carbons (Fsp3) is 0.214. The number of fused-ring (bicyclic) bond motifs is 1. The number of hydrogen-bond acceptors (Lipinski definition) is 3. The van der Waals surface area contributed by atoms with Crippen LogP contribution in [0.15, 0.2) is 34.1 Å². The number of aryl methyl sites for hydroxylation is 1. The molecule has 1 N–H and O–H groups in total. The lowest BCUT2D eigenvalue weighted by Crippen LogP contribution is -2.06. The fourth-order valence-electron chi connectivity index (χ4n) is 2.29. The van der Waals surface area contributed by atoms with Gasteiger partial charge in [-0.25, -0.2) is 0 Å². The van der Waals surface area contributed by atoms with Crippen molar-refractivity contribution in [3.8, 4) is 11.3 Å². The van der Waals surface area contributed by atoms with E-state index in [-0.39, 0.29) is 0 Å². The summed E-state index contributed by atoms with van der Waals surface area (Å²) in [6.45, 7) is 0.760. The zero-order valence-electron chi connectivity index (χ0n) is 10.8. The van der Waals surface area contributed by atoms with Gasteiger partial charge in [-0.05, 0) is 29.0 Å². The van der Waals surface area contributed by atoms with E-state index in [1.807, 2.05) is 18.8 Å². The van der Waals surface area contributed by atoms with Crippen LogP contribution in [0.5, 0.6) is 0 Å². The van der Waals surface area contributed by atoms with Crippen LogP contribution in [-0.4, -0.2) is 16.8 Å². The molecule has 0 aliphatic carbocycles. The molecule has 98 valence electrons. The molecule has 5 heteroatoms. The summed E-state index contributed by atoms with van der Waals surface area (Å²) >= 11 is 5.46. The van der Waals surface area contributed by atoms with Crippen LogP contribution in [-0.2, 0) is 13.6 Å². The molecule has 2 aromatic heterocycles. The Morgan fingerprint density at radius 2 is 2.16 bits per heavy atom. The zero-order chi connectivity index (χ0) is 13.4. The van der Waals surface area contributed by atoms with Gasteiger partial charge in [-0.3, -0.25) is 4.68 Å². The number of rotatable bonds is 3. The summed E-state index contributed by atoms with van der Waals surface area (Å²) in [5.41, 5.74) is 3.42. The lowest BCUT2D eigenvalue weighted by atomic mass is 10.1. The smallest absolute Gasteiger partial charge is 0.0910 e. The summed E-state index contributed by atoms with van der Waals surface area (Å²) < 4.78 is 4.33. The van der Waals surface area contributed by atoms with E-state index in [9.17, 15) is 0 Å². The fourth-order valence-corrected chi connectivity index (χ4v) is 3.92. The first-order valence-electron chi connectivity index (χ1n) is 6.05. The second-order valence-electron chi connectivity index (χ2n) is 4.41. The van der Waals surface area contributed by atoms with Gasteiger partial charge in [0.1, 0.15) is 0 Å². The van der Waals surface area contributed by atoms with E-state index in [0.29, 0.717) is 0 Å². The number of aromatic nitrogens is 2. The Kier molecular flexibility index (Phi) is 3.43. The van der Waals surface area contributed by atoms with Crippen LogP contribution >= 0.6 is 27.3 Å². The average molecular weight is 336 g/mol. The molecular weight excluding hydrogens is 322 g/mol. The lowest BCUT2D eigenvalue weighted by Gasteiger charge is -2.01. The molecule has 19 heavy (non-hydrogen) atoms. The highest BCUT2D eigenvalue weighted by atomic mass is 79.9. The van der Waals surface area contributed by atoms with Crippen LogP contribution in [0.3, 0.4) is 0 Å². The van der Waals surface area contributed by atoms with Gasteiger partial charge >= 0.3 is 0 Å². The minimum Gasteiger partial charge on any atom is -0.314 e. The molecule has 0 bridgehead atoms. The van der Waals surface area contributed by atoms with Crippen molar-refractivity contribution in [1.29, 1.82) is 0 Å². The van der Waals surface area contributed by atoms with Crippen molar-refractivity contribution in [2.45, 2.75) is 6.54 Å². The monoisotopic (exact) mass is 335 g/mol. The van der Waals surface area contributed by atoms with Gasteiger partial charge in [0.25, 0.3) is 0 Å². The maximum atomic E-state index is 4.57. The molecule has 0 spiro atoms. The molecule has 0 aliphatic heterocycles. The summed E-state index contributed by atoms with van der Waals surface area (Å²) in [6.07, 6.45) is 0. The Balaban J connectivity index is 2.21. The number of nitrogens with zero attached hydrogens (tertiary/aromatic N) is 2. The van der Waals surface area contributed by atoms with E-state index in [1.54, 1.807) is 11.3 Å². The third-order valence-electron chi connectivity index (χ3n) is 3.14. The Hall–Kier alpha value is -1.17. The van der Waals surface area contributed by atoms with E-state index in [4.69, 9.17) is 0 Å². The SMILES string of the molecule is CNCc1nn(C)c(-c2csc3ccccc23)c1Br. The van der Waals surface area contributed by atoms with Gasteiger partial charge in [-0.2, -0.15) is 5.10 Å². The van der Waals surface area contributed by atoms with Gasteiger partial charge in [0, 0.05) is 34.6 Å². The Morgan fingerprint density at radius 3 is 2.95 bits per heavy atom. The summed E-state index contributed by atoms with van der Waals surface area (Å²) in [5, 5.41) is 11.2. The van der Waals surface area contributed by atoms with Gasteiger partial charge in [0.2, 0.25) is 0 Å². The van der Waals surface area contributed by atoms with E-state index >= 15 is 0 Å². The van der Waals surface area contributed by atoms with Crippen LogP contribution in [0.2, 0.25) is 0 Å². The summed E-state index contributed by atoms with van der Waals surface area (Å²) in [6, 6.07) is 8.48. The van der Waals surface area contributed by atoms with Crippen LogP contribution in [0.25, 0.3) is 21.3 Å². The molecule has 0 radical (unpaired) electrons. The van der Waals surface area contributed by atoms with Crippen LogP contribution in [0, 0.1) is 0 Å². The van der Waals surface area contributed by atoms with Crippen molar-refractivity contribution in [3.63, 3.8) is 0 Å². The van der Waals surface area contributed by atoms with Crippen molar-refractivity contribution >= 4 is 37.4 Å². The second-order valence-corrected chi connectivity index (χ2v) is 6.11. The zero-order valence-corrected chi connectivity index (χ0v) is 13.2. The van der Waals surface area contributed by atoms with Crippen LogP contribution in [0.1, 0.15) is 5.69 Å². The molecule has 0 saturated heterocycles. The molecular formula is C14H14BrN3S. The summed E-state index contributed by atoms with van der Waals surface area (Å²) in [5.74, 6) is 0. The topological polar surface area (TPSA) is 29.9 Å². The van der Waals surface area contributed by atoms with Crippen LogP contribution in [0.4, 0.5) is 0 Å². The van der Waals surface area contributed by atoms with E-state index < -0.39 is 0 Å². The molecule has 0 fully saturated rings. The minimum atomic E-state index is 0.760. The van der Waals surface area contributed by atoms with Gasteiger partial charge < -0.3 is 5.32 Å². The lowest BCUT2D eigenvalue weighted by molar-refractivity contribution is 0.716. The molecule has 0 unspecified atom stereocenters. The standard InChI is InChI=1S/C14H14BrN3S/c1-16-7-11-13(15)14(18(2)17-11)10-8-19-12-6-4-3-5-9(10)12/h3-6,8,16H,7H2,1-2H3. The average Bonchev–Trinajstić information content (AvgIpc) is 2.93. The predicted molar refractivity (Wildman–Crippen MR) is 84.5 cm³/mol. The molecule has 3 nitrogen and oxygen atoms in total. The van der Waals surface area contributed by atoms with E-state index in [2.05, 4.69) is 56.0 Å². The van der Waals surface area contributed by atoms with Crippen molar-refractivity contribution in [1.82, 2.24) is 15.1 Å². The Labute approximate surface area is 124 Å². The molecule has 0 saturated carbocycles.